The van der Waals surface area contributed by atoms with Crippen LogP contribution in [0.2, 0.25) is 0 Å². The van der Waals surface area contributed by atoms with Gasteiger partial charge in [0, 0.05) is 17.0 Å². The van der Waals surface area contributed by atoms with Crippen LogP contribution in [-0.4, -0.2) is 30.2 Å². The smallest absolute Gasteiger partial charge is 0.255 e. The summed E-state index contributed by atoms with van der Waals surface area (Å²) in [6.07, 6.45) is 4.61. The summed E-state index contributed by atoms with van der Waals surface area (Å²) in [5.41, 5.74) is 2.84. The molecule has 23 heavy (non-hydrogen) atoms. The van der Waals surface area contributed by atoms with Crippen LogP contribution in [0.25, 0.3) is 0 Å². The maximum atomic E-state index is 12.4. The summed E-state index contributed by atoms with van der Waals surface area (Å²) < 4.78 is 0. The van der Waals surface area contributed by atoms with Gasteiger partial charge >= 0.3 is 0 Å². The molecule has 0 aliphatic carbocycles. The Morgan fingerprint density at radius 3 is 2.48 bits per heavy atom. The van der Waals surface area contributed by atoms with Crippen molar-refractivity contribution in [3.8, 4) is 0 Å². The molecule has 2 aromatic carbocycles. The fourth-order valence-electron chi connectivity index (χ4n) is 2.90. The Morgan fingerprint density at radius 2 is 1.78 bits per heavy atom. The monoisotopic (exact) mass is 326 g/mol. The van der Waals surface area contributed by atoms with Gasteiger partial charge in [0.05, 0.1) is 5.69 Å². The third kappa shape index (κ3) is 4.15. The van der Waals surface area contributed by atoms with E-state index in [9.17, 15) is 4.79 Å². The average Bonchev–Trinajstić information content (AvgIpc) is 3.09. The highest BCUT2D eigenvalue weighted by atomic mass is 32.2. The third-order valence-electron chi connectivity index (χ3n) is 4.18. The minimum atomic E-state index is -0.0563. The molecule has 1 N–H and O–H groups in total. The number of likely N-dealkylation sites (tertiary alicyclic amines) is 1. The number of nitrogens with zero attached hydrogens (tertiary/aromatic N) is 1. The second kappa shape index (κ2) is 7.66. The zero-order valence-electron chi connectivity index (χ0n) is 13.4. The van der Waals surface area contributed by atoms with E-state index < -0.39 is 0 Å². The number of carbonyl (C=O) groups excluding carboxylic acids is 1. The molecule has 1 amide bonds. The molecule has 1 fully saturated rings. The van der Waals surface area contributed by atoms with Gasteiger partial charge in [0.25, 0.3) is 5.91 Å². The molecule has 4 heteroatoms. The minimum Gasteiger partial charge on any atom is -0.321 e. The number of anilines is 1. The molecule has 3 nitrogen and oxygen atoms in total. The normalized spacial score (nSPS) is 14.8. The van der Waals surface area contributed by atoms with Crippen molar-refractivity contribution < 1.29 is 4.79 Å². The van der Waals surface area contributed by atoms with Crippen LogP contribution in [0, 0.1) is 0 Å². The predicted molar refractivity (Wildman–Crippen MR) is 97.1 cm³/mol. The molecule has 0 aromatic heterocycles. The fraction of sp³-hybridized carbons (Fsp3) is 0.316. The summed E-state index contributed by atoms with van der Waals surface area (Å²) in [5, 5.41) is 3.00. The zero-order chi connectivity index (χ0) is 16.1. The Balaban J connectivity index is 1.65. The molecule has 1 saturated heterocycles. The first-order chi connectivity index (χ1) is 11.3. The predicted octanol–water partition coefficient (Wildman–Crippen LogP) is 4.26. The Labute approximate surface area is 142 Å². The fourth-order valence-corrected chi connectivity index (χ4v) is 3.46. The van der Waals surface area contributed by atoms with Gasteiger partial charge in [-0.3, -0.25) is 9.69 Å². The zero-order valence-corrected chi connectivity index (χ0v) is 14.2. The molecule has 0 unspecified atom stereocenters. The van der Waals surface area contributed by atoms with Crippen LogP contribution in [0.5, 0.6) is 0 Å². The molecule has 2 aromatic rings. The molecule has 0 saturated carbocycles. The van der Waals surface area contributed by atoms with Crippen LogP contribution >= 0.6 is 11.8 Å². The van der Waals surface area contributed by atoms with E-state index in [-0.39, 0.29) is 5.91 Å². The van der Waals surface area contributed by atoms with Crippen molar-refractivity contribution in [2.24, 2.45) is 0 Å². The first kappa shape index (κ1) is 16.1. The van der Waals surface area contributed by atoms with Crippen LogP contribution < -0.4 is 5.32 Å². The minimum absolute atomic E-state index is 0.0563. The number of nitrogens with one attached hydrogen (secondary N) is 1. The van der Waals surface area contributed by atoms with Crippen molar-refractivity contribution in [2.45, 2.75) is 24.3 Å². The van der Waals surface area contributed by atoms with E-state index in [0.29, 0.717) is 5.56 Å². The molecule has 120 valence electrons. The van der Waals surface area contributed by atoms with E-state index in [0.717, 1.165) is 17.1 Å². The van der Waals surface area contributed by atoms with Gasteiger partial charge in [-0.1, -0.05) is 24.3 Å². The molecule has 0 bridgehead atoms. The number of hydrogen-bond donors (Lipinski definition) is 1. The molecular formula is C19H22N2OS. The van der Waals surface area contributed by atoms with Crippen LogP contribution in [0.1, 0.15) is 28.8 Å². The quantitative estimate of drug-likeness (QED) is 0.833. The molecule has 0 radical (unpaired) electrons. The molecule has 0 atom stereocenters. The highest BCUT2D eigenvalue weighted by Gasteiger charge is 2.12. The number of carbonyl (C=O) groups is 1. The number of para-hydroxylation sites is 1. The van der Waals surface area contributed by atoms with E-state index in [1.807, 2.05) is 42.7 Å². The second-order valence-electron chi connectivity index (χ2n) is 5.83. The molecule has 0 spiro atoms. The van der Waals surface area contributed by atoms with E-state index in [2.05, 4.69) is 22.3 Å². The van der Waals surface area contributed by atoms with Crippen LogP contribution in [0.3, 0.4) is 0 Å². The Bertz CT molecular complexity index is 663. The van der Waals surface area contributed by atoms with E-state index in [1.165, 1.54) is 31.5 Å². The van der Waals surface area contributed by atoms with Crippen molar-refractivity contribution >= 4 is 23.4 Å². The number of amides is 1. The third-order valence-corrected chi connectivity index (χ3v) is 4.97. The van der Waals surface area contributed by atoms with Crippen molar-refractivity contribution in [3.63, 3.8) is 0 Å². The van der Waals surface area contributed by atoms with Crippen molar-refractivity contribution in [1.29, 1.82) is 0 Å². The van der Waals surface area contributed by atoms with Crippen LogP contribution in [-0.2, 0) is 6.54 Å². The summed E-state index contributed by atoms with van der Waals surface area (Å²) in [5.74, 6) is -0.0563. The highest BCUT2D eigenvalue weighted by Crippen LogP contribution is 2.25. The molecule has 1 aliphatic rings. The van der Waals surface area contributed by atoms with Crippen molar-refractivity contribution in [2.75, 3.05) is 24.7 Å². The lowest BCUT2D eigenvalue weighted by Crippen LogP contribution is -2.18. The van der Waals surface area contributed by atoms with Gasteiger partial charge in [-0.15, -0.1) is 11.8 Å². The Kier molecular flexibility index (Phi) is 5.36. The highest BCUT2D eigenvalue weighted by molar-refractivity contribution is 7.98. The van der Waals surface area contributed by atoms with Gasteiger partial charge in [0.1, 0.15) is 0 Å². The lowest BCUT2D eigenvalue weighted by molar-refractivity contribution is 0.102. The first-order valence-corrected chi connectivity index (χ1v) is 9.24. The number of thioether (sulfide) groups is 1. The van der Waals surface area contributed by atoms with Gasteiger partial charge in [0.2, 0.25) is 0 Å². The van der Waals surface area contributed by atoms with Gasteiger partial charge < -0.3 is 5.32 Å². The molecular weight excluding hydrogens is 304 g/mol. The SMILES string of the molecule is CSc1ccccc1NC(=O)c1ccc(CN2CCCC2)cc1. The maximum absolute atomic E-state index is 12.4. The molecule has 3 rings (SSSR count). The summed E-state index contributed by atoms with van der Waals surface area (Å²) >= 11 is 1.63. The molecule has 1 heterocycles. The van der Waals surface area contributed by atoms with Gasteiger partial charge in [-0.05, 0) is 62.0 Å². The average molecular weight is 326 g/mol. The maximum Gasteiger partial charge on any atom is 0.255 e. The van der Waals surface area contributed by atoms with Crippen molar-refractivity contribution in [3.05, 3.63) is 59.7 Å². The van der Waals surface area contributed by atoms with E-state index in [1.54, 1.807) is 11.8 Å². The van der Waals surface area contributed by atoms with E-state index >= 15 is 0 Å². The molecule has 1 aliphatic heterocycles. The Morgan fingerprint density at radius 1 is 1.09 bits per heavy atom. The largest absolute Gasteiger partial charge is 0.321 e. The van der Waals surface area contributed by atoms with Crippen LogP contribution in [0.15, 0.2) is 53.4 Å². The first-order valence-electron chi connectivity index (χ1n) is 8.02. The van der Waals surface area contributed by atoms with Gasteiger partial charge in [0.15, 0.2) is 0 Å². The summed E-state index contributed by atoms with van der Waals surface area (Å²) in [7, 11) is 0. The lowest BCUT2D eigenvalue weighted by Gasteiger charge is -2.14. The second-order valence-corrected chi connectivity index (χ2v) is 6.68. The standard InChI is InChI=1S/C19H22N2OS/c1-23-18-7-3-2-6-17(18)20-19(22)16-10-8-15(9-11-16)14-21-12-4-5-13-21/h2-3,6-11H,4-5,12-14H2,1H3,(H,20,22). The summed E-state index contributed by atoms with van der Waals surface area (Å²) in [4.78, 5) is 15.9. The number of benzene rings is 2. The number of hydrogen-bond acceptors (Lipinski definition) is 3. The van der Waals surface area contributed by atoms with Gasteiger partial charge in [-0.2, -0.15) is 0 Å². The van der Waals surface area contributed by atoms with Crippen LogP contribution in [0.4, 0.5) is 5.69 Å². The lowest BCUT2D eigenvalue weighted by atomic mass is 10.1. The number of rotatable bonds is 5. The van der Waals surface area contributed by atoms with Crippen molar-refractivity contribution in [1.82, 2.24) is 4.90 Å². The summed E-state index contributed by atoms with van der Waals surface area (Å²) in [6.45, 7) is 3.36. The summed E-state index contributed by atoms with van der Waals surface area (Å²) in [6, 6.07) is 15.8. The topological polar surface area (TPSA) is 32.3 Å². The van der Waals surface area contributed by atoms with E-state index in [4.69, 9.17) is 0 Å². The van der Waals surface area contributed by atoms with Gasteiger partial charge in [-0.25, -0.2) is 0 Å². The Hall–Kier alpha value is -1.78.